The lowest BCUT2D eigenvalue weighted by Crippen LogP contribution is -1.98. The summed E-state index contributed by atoms with van der Waals surface area (Å²) < 4.78 is 23.7. The number of sulfone groups is 1. The first-order valence-corrected chi connectivity index (χ1v) is 9.30. The highest BCUT2D eigenvalue weighted by molar-refractivity contribution is 7.90. The Hall–Kier alpha value is -1.82. The number of nitrogens with zero attached hydrogens (tertiary/aromatic N) is 1. The lowest BCUT2D eigenvalue weighted by Gasteiger charge is -2.11. The Morgan fingerprint density at radius 3 is 2.26 bits per heavy atom. The number of hydrogen-bond donors (Lipinski definition) is 1. The van der Waals surface area contributed by atoms with Gasteiger partial charge in [-0.3, -0.25) is 0 Å². The Morgan fingerprint density at radius 1 is 1.00 bits per heavy atom. The molecule has 0 saturated heterocycles. The van der Waals surface area contributed by atoms with Crippen LogP contribution in [0.2, 0.25) is 10.3 Å². The zero-order chi connectivity index (χ0) is 16.6. The van der Waals surface area contributed by atoms with Crippen LogP contribution in [0.3, 0.4) is 0 Å². The van der Waals surface area contributed by atoms with Crippen molar-refractivity contribution in [2.75, 3.05) is 6.26 Å². The fourth-order valence-electron chi connectivity index (χ4n) is 2.29. The topological polar surface area (TPSA) is 62.8 Å². The van der Waals surface area contributed by atoms with E-state index in [9.17, 15) is 8.42 Å². The lowest BCUT2D eigenvalue weighted by atomic mass is 9.98. The van der Waals surface area contributed by atoms with Gasteiger partial charge in [0, 0.05) is 16.8 Å². The molecule has 0 amide bonds. The molecule has 0 aliphatic rings. The van der Waals surface area contributed by atoms with Crippen LogP contribution in [0.4, 0.5) is 0 Å². The van der Waals surface area contributed by atoms with E-state index < -0.39 is 9.84 Å². The molecular weight excluding hydrogens is 355 g/mol. The number of H-pyrrole nitrogens is 1. The summed E-state index contributed by atoms with van der Waals surface area (Å²) in [5, 5.41) is 0.883. The van der Waals surface area contributed by atoms with Gasteiger partial charge >= 0.3 is 0 Å². The third-order valence-electron chi connectivity index (χ3n) is 3.41. The maximum absolute atomic E-state index is 11.9. The standard InChI is InChI=1S/C16H12Cl2N2O2S/c1-23(21,22)12-6-7-13(15-9-19-16(18)20-15)14(8-12)10-2-4-11(17)5-3-10/h2-9H,1H3,(H,19,20). The third kappa shape index (κ3) is 3.42. The van der Waals surface area contributed by atoms with Crippen molar-refractivity contribution in [2.24, 2.45) is 0 Å². The fourth-order valence-corrected chi connectivity index (χ4v) is 3.21. The van der Waals surface area contributed by atoms with Crippen LogP contribution in [0.5, 0.6) is 0 Å². The molecule has 0 aliphatic carbocycles. The molecule has 0 aliphatic heterocycles. The van der Waals surface area contributed by atoms with E-state index in [1.807, 2.05) is 12.1 Å². The van der Waals surface area contributed by atoms with E-state index in [0.29, 0.717) is 10.7 Å². The van der Waals surface area contributed by atoms with Gasteiger partial charge < -0.3 is 4.98 Å². The maximum atomic E-state index is 11.9. The number of hydrogen-bond acceptors (Lipinski definition) is 3. The highest BCUT2D eigenvalue weighted by atomic mass is 35.5. The molecule has 23 heavy (non-hydrogen) atoms. The molecule has 1 heterocycles. The van der Waals surface area contributed by atoms with Crippen LogP contribution in [-0.2, 0) is 9.84 Å². The van der Waals surface area contributed by atoms with Gasteiger partial charge in [-0.25, -0.2) is 13.4 Å². The van der Waals surface area contributed by atoms with E-state index in [-0.39, 0.29) is 10.2 Å². The molecule has 4 nitrogen and oxygen atoms in total. The highest BCUT2D eigenvalue weighted by Gasteiger charge is 2.15. The summed E-state index contributed by atoms with van der Waals surface area (Å²) in [6, 6.07) is 12.1. The smallest absolute Gasteiger partial charge is 0.200 e. The summed E-state index contributed by atoms with van der Waals surface area (Å²) in [6.45, 7) is 0. The minimum atomic E-state index is -3.31. The molecule has 0 saturated carbocycles. The van der Waals surface area contributed by atoms with Crippen molar-refractivity contribution in [3.05, 3.63) is 59.0 Å². The molecule has 0 radical (unpaired) electrons. The number of nitrogens with one attached hydrogen (secondary N) is 1. The van der Waals surface area contributed by atoms with Crippen LogP contribution < -0.4 is 0 Å². The van der Waals surface area contributed by atoms with E-state index >= 15 is 0 Å². The van der Waals surface area contributed by atoms with Crippen molar-refractivity contribution in [1.82, 2.24) is 9.97 Å². The predicted octanol–water partition coefficient (Wildman–Crippen LogP) is 4.45. The van der Waals surface area contributed by atoms with Crippen LogP contribution >= 0.6 is 23.2 Å². The van der Waals surface area contributed by atoms with Crippen molar-refractivity contribution in [3.8, 4) is 22.4 Å². The molecule has 0 bridgehead atoms. The predicted molar refractivity (Wildman–Crippen MR) is 92.6 cm³/mol. The van der Waals surface area contributed by atoms with Gasteiger partial charge in [-0.15, -0.1) is 0 Å². The molecule has 3 rings (SSSR count). The van der Waals surface area contributed by atoms with Crippen LogP contribution in [-0.4, -0.2) is 24.6 Å². The Kier molecular flexibility index (Phi) is 4.19. The zero-order valence-corrected chi connectivity index (χ0v) is 14.4. The minimum Gasteiger partial charge on any atom is -0.329 e. The summed E-state index contributed by atoms with van der Waals surface area (Å²) in [6.07, 6.45) is 2.79. The van der Waals surface area contributed by atoms with Gasteiger partial charge in [0.05, 0.1) is 16.8 Å². The average Bonchev–Trinajstić information content (AvgIpc) is 2.93. The van der Waals surface area contributed by atoms with Gasteiger partial charge in [0.15, 0.2) is 15.1 Å². The molecule has 0 spiro atoms. The SMILES string of the molecule is CS(=O)(=O)c1ccc(-c2cnc(Cl)[nH]2)c(-c2ccc(Cl)cc2)c1. The van der Waals surface area contributed by atoms with E-state index in [1.54, 1.807) is 36.5 Å². The summed E-state index contributed by atoms with van der Waals surface area (Å²) in [7, 11) is -3.31. The average molecular weight is 367 g/mol. The lowest BCUT2D eigenvalue weighted by molar-refractivity contribution is 0.602. The molecule has 118 valence electrons. The van der Waals surface area contributed by atoms with Gasteiger partial charge in [0.1, 0.15) is 0 Å². The number of halogens is 2. The molecule has 0 unspecified atom stereocenters. The largest absolute Gasteiger partial charge is 0.329 e. The monoisotopic (exact) mass is 366 g/mol. The van der Waals surface area contributed by atoms with E-state index in [2.05, 4.69) is 9.97 Å². The van der Waals surface area contributed by atoms with Gasteiger partial charge in [0.2, 0.25) is 0 Å². The first-order valence-electron chi connectivity index (χ1n) is 6.65. The second-order valence-electron chi connectivity index (χ2n) is 5.07. The van der Waals surface area contributed by atoms with E-state index in [1.165, 1.54) is 6.26 Å². The second-order valence-corrected chi connectivity index (χ2v) is 7.88. The van der Waals surface area contributed by atoms with Gasteiger partial charge in [-0.2, -0.15) is 0 Å². The molecule has 7 heteroatoms. The zero-order valence-electron chi connectivity index (χ0n) is 12.0. The van der Waals surface area contributed by atoms with Crippen molar-refractivity contribution < 1.29 is 8.42 Å². The van der Waals surface area contributed by atoms with Gasteiger partial charge in [0.25, 0.3) is 0 Å². The number of benzene rings is 2. The van der Waals surface area contributed by atoms with Crippen LogP contribution in [0, 0.1) is 0 Å². The molecule has 1 aromatic heterocycles. The Balaban J connectivity index is 2.25. The van der Waals surface area contributed by atoms with E-state index in [4.69, 9.17) is 23.2 Å². The summed E-state index contributed by atoms with van der Waals surface area (Å²) in [5.74, 6) is 0. The fraction of sp³-hybridized carbons (Fsp3) is 0.0625. The summed E-state index contributed by atoms with van der Waals surface area (Å²) >= 11 is 11.8. The molecular formula is C16H12Cl2N2O2S. The van der Waals surface area contributed by atoms with Crippen molar-refractivity contribution in [3.63, 3.8) is 0 Å². The number of aromatic amines is 1. The first kappa shape index (κ1) is 16.1. The molecule has 0 atom stereocenters. The summed E-state index contributed by atoms with van der Waals surface area (Å²) in [4.78, 5) is 7.18. The number of aromatic nitrogens is 2. The minimum absolute atomic E-state index is 0.247. The molecule has 1 N–H and O–H groups in total. The Labute approximate surface area is 144 Å². The normalized spacial score (nSPS) is 11.6. The quantitative estimate of drug-likeness (QED) is 0.744. The van der Waals surface area contributed by atoms with Crippen LogP contribution in [0.15, 0.2) is 53.6 Å². The molecule has 0 fully saturated rings. The maximum Gasteiger partial charge on any atom is 0.200 e. The van der Waals surface area contributed by atoms with Crippen molar-refractivity contribution in [1.29, 1.82) is 0 Å². The second kappa shape index (κ2) is 6.00. The van der Waals surface area contributed by atoms with Gasteiger partial charge in [-0.05, 0) is 47.0 Å². The number of imidazole rings is 1. The van der Waals surface area contributed by atoms with Gasteiger partial charge in [-0.1, -0.05) is 29.8 Å². The molecule has 3 aromatic rings. The third-order valence-corrected chi connectivity index (χ3v) is 4.96. The number of rotatable bonds is 3. The Morgan fingerprint density at radius 2 is 1.70 bits per heavy atom. The highest BCUT2D eigenvalue weighted by Crippen LogP contribution is 2.34. The first-order chi connectivity index (χ1) is 10.8. The molecule has 2 aromatic carbocycles. The van der Waals surface area contributed by atoms with Crippen molar-refractivity contribution >= 4 is 33.0 Å². The van der Waals surface area contributed by atoms with Crippen LogP contribution in [0.25, 0.3) is 22.4 Å². The summed E-state index contributed by atoms with van der Waals surface area (Å²) in [5.41, 5.74) is 3.12. The van der Waals surface area contributed by atoms with Crippen LogP contribution in [0.1, 0.15) is 0 Å². The Bertz CT molecular complexity index is 964. The van der Waals surface area contributed by atoms with Crippen molar-refractivity contribution in [2.45, 2.75) is 4.90 Å². The van der Waals surface area contributed by atoms with E-state index in [0.717, 1.165) is 16.7 Å².